The lowest BCUT2D eigenvalue weighted by Crippen LogP contribution is -2.40. The van der Waals surface area contributed by atoms with Gasteiger partial charge in [0.2, 0.25) is 0 Å². The molecular weight excluding hydrogens is 510 g/mol. The van der Waals surface area contributed by atoms with Crippen LogP contribution in [0.5, 0.6) is 11.5 Å². The molecule has 4 rings (SSSR count). The van der Waals surface area contributed by atoms with E-state index in [1.54, 1.807) is 67.8 Å². The minimum absolute atomic E-state index is 0.0738. The number of aryl methyl sites for hydroxylation is 1. The summed E-state index contributed by atoms with van der Waals surface area (Å²) in [6.07, 6.45) is 5.91. The third kappa shape index (κ3) is 6.02. The van der Waals surface area contributed by atoms with Crippen LogP contribution in [0.25, 0.3) is 17.1 Å². The van der Waals surface area contributed by atoms with Gasteiger partial charge >= 0.3 is 0 Å². The van der Waals surface area contributed by atoms with Gasteiger partial charge in [0.15, 0.2) is 11.6 Å². The third-order valence-corrected chi connectivity index (χ3v) is 6.19. The van der Waals surface area contributed by atoms with Gasteiger partial charge < -0.3 is 18.8 Å². The molecule has 12 nitrogen and oxygen atoms in total. The highest BCUT2D eigenvalue weighted by Gasteiger charge is 2.31. The van der Waals surface area contributed by atoms with E-state index in [0.29, 0.717) is 46.8 Å². The van der Waals surface area contributed by atoms with Crippen LogP contribution in [0.4, 0.5) is 0 Å². The van der Waals surface area contributed by atoms with Crippen LogP contribution < -0.4 is 14.2 Å². The molecule has 0 fully saturated rings. The van der Waals surface area contributed by atoms with Gasteiger partial charge in [-0.3, -0.25) is 13.8 Å². The SMILES string of the molecule is CCO[C@H](c1ncc(C)cn1)[C@H](Cc1nnc(-c2cccnc2)n1-c1c(OC)cccc1OC)NS(=O)[O-]. The summed E-state index contributed by atoms with van der Waals surface area (Å²) in [7, 11) is 3.10. The Morgan fingerprint density at radius 2 is 1.76 bits per heavy atom. The van der Waals surface area contributed by atoms with E-state index in [2.05, 4.69) is 29.9 Å². The smallest absolute Gasteiger partial charge is 0.170 e. The number of pyridine rings is 1. The highest BCUT2D eigenvalue weighted by Crippen LogP contribution is 2.36. The number of hydrogen-bond acceptors (Lipinski definition) is 10. The normalized spacial score (nSPS) is 13.6. The molecule has 0 saturated heterocycles. The second-order valence-corrected chi connectivity index (χ2v) is 8.89. The maximum absolute atomic E-state index is 11.9. The van der Waals surface area contributed by atoms with E-state index >= 15 is 0 Å². The number of hydrogen-bond donors (Lipinski definition) is 1. The van der Waals surface area contributed by atoms with E-state index in [1.165, 1.54) is 0 Å². The van der Waals surface area contributed by atoms with Crippen LogP contribution in [0.3, 0.4) is 0 Å². The first kappa shape index (κ1) is 27.3. The second-order valence-electron chi connectivity index (χ2n) is 8.19. The van der Waals surface area contributed by atoms with Crippen LogP contribution in [-0.2, 0) is 22.4 Å². The first-order chi connectivity index (χ1) is 18.5. The Balaban J connectivity index is 1.88. The van der Waals surface area contributed by atoms with Crippen molar-refractivity contribution in [3.63, 3.8) is 0 Å². The van der Waals surface area contributed by atoms with Crippen LogP contribution in [-0.4, -0.2) is 65.3 Å². The molecule has 0 spiro atoms. The van der Waals surface area contributed by atoms with Crippen LogP contribution in [0.1, 0.15) is 30.2 Å². The van der Waals surface area contributed by atoms with Gasteiger partial charge in [0.05, 0.1) is 20.3 Å². The van der Waals surface area contributed by atoms with Gasteiger partial charge in [-0.1, -0.05) is 6.07 Å². The van der Waals surface area contributed by atoms with Crippen molar-refractivity contribution in [2.45, 2.75) is 32.4 Å². The fourth-order valence-corrected chi connectivity index (χ4v) is 4.50. The predicted octanol–water partition coefficient (Wildman–Crippen LogP) is 2.52. The zero-order valence-corrected chi connectivity index (χ0v) is 22.2. The molecule has 0 amide bonds. The predicted molar refractivity (Wildman–Crippen MR) is 138 cm³/mol. The van der Waals surface area contributed by atoms with Crippen molar-refractivity contribution in [3.05, 3.63) is 72.3 Å². The standard InChI is InChI=1S/C25H29N7O5S/c1-5-37-23(24-27-13-16(2)14-28-24)18(31-38(33)34)12-21-29-30-25(17-8-7-11-26-15-17)32(21)22-19(35-3)9-6-10-20(22)36-4/h6-11,13-15,18,23,31H,5,12H2,1-4H3,(H,33,34)/p-1/t18-,23-/m0/s1. The van der Waals surface area contributed by atoms with Crippen LogP contribution in [0, 0.1) is 6.92 Å². The van der Waals surface area contributed by atoms with Crippen LogP contribution >= 0.6 is 0 Å². The number of benzene rings is 1. The molecule has 0 saturated carbocycles. The van der Waals surface area contributed by atoms with E-state index in [9.17, 15) is 8.76 Å². The van der Waals surface area contributed by atoms with E-state index in [-0.39, 0.29) is 6.42 Å². The van der Waals surface area contributed by atoms with Crippen molar-refractivity contribution < 1.29 is 23.0 Å². The Hall–Kier alpha value is -3.78. The molecule has 1 aromatic carbocycles. The highest BCUT2D eigenvalue weighted by molar-refractivity contribution is 7.77. The quantitative estimate of drug-likeness (QED) is 0.267. The average Bonchev–Trinajstić information content (AvgIpc) is 3.34. The molecule has 3 heterocycles. The Morgan fingerprint density at radius 1 is 1.05 bits per heavy atom. The molecule has 3 aromatic heterocycles. The van der Waals surface area contributed by atoms with Crippen molar-refractivity contribution >= 4 is 11.3 Å². The summed E-state index contributed by atoms with van der Waals surface area (Å²) in [4.78, 5) is 13.0. The monoisotopic (exact) mass is 538 g/mol. The lowest BCUT2D eigenvalue weighted by atomic mass is 10.1. The Bertz CT molecular complexity index is 1350. The summed E-state index contributed by atoms with van der Waals surface area (Å²) in [5, 5.41) is 8.90. The number of aromatic nitrogens is 6. The fraction of sp³-hybridized carbons (Fsp3) is 0.320. The Morgan fingerprint density at radius 3 is 2.34 bits per heavy atom. The van der Waals surface area contributed by atoms with E-state index in [1.807, 2.05) is 19.9 Å². The van der Waals surface area contributed by atoms with Crippen molar-refractivity contribution in [3.8, 4) is 28.6 Å². The van der Waals surface area contributed by atoms with Crippen LogP contribution in [0.2, 0.25) is 0 Å². The largest absolute Gasteiger partial charge is 0.760 e. The minimum atomic E-state index is -2.62. The molecule has 3 atom stereocenters. The lowest BCUT2D eigenvalue weighted by molar-refractivity contribution is 0.0322. The van der Waals surface area contributed by atoms with Crippen molar-refractivity contribution in [1.29, 1.82) is 0 Å². The number of methoxy groups -OCH3 is 2. The average molecular weight is 539 g/mol. The maximum atomic E-state index is 11.9. The molecule has 0 aliphatic heterocycles. The van der Waals surface area contributed by atoms with Gasteiger partial charge in [0, 0.05) is 54.6 Å². The lowest BCUT2D eigenvalue weighted by Gasteiger charge is -2.28. The number of nitrogens with zero attached hydrogens (tertiary/aromatic N) is 6. The molecule has 0 aliphatic carbocycles. The molecule has 0 radical (unpaired) electrons. The molecule has 38 heavy (non-hydrogen) atoms. The molecule has 0 aliphatic rings. The van der Waals surface area contributed by atoms with Gasteiger partial charge in [-0.2, -0.15) is 0 Å². The summed E-state index contributed by atoms with van der Waals surface area (Å²) in [5.74, 6) is 2.25. The van der Waals surface area contributed by atoms with Crippen molar-refractivity contribution in [1.82, 2.24) is 34.4 Å². The Kier molecular flexibility index (Phi) is 9.07. The number of para-hydroxylation sites is 1. The van der Waals surface area contributed by atoms with E-state index in [0.717, 1.165) is 5.56 Å². The minimum Gasteiger partial charge on any atom is -0.760 e. The topological polar surface area (TPSA) is 149 Å². The van der Waals surface area contributed by atoms with Gasteiger partial charge in [-0.15, -0.1) is 10.2 Å². The van der Waals surface area contributed by atoms with E-state index in [4.69, 9.17) is 14.2 Å². The summed E-state index contributed by atoms with van der Waals surface area (Å²) >= 11 is -2.62. The van der Waals surface area contributed by atoms with Crippen LogP contribution in [0.15, 0.2) is 55.1 Å². The third-order valence-electron chi connectivity index (χ3n) is 5.69. The van der Waals surface area contributed by atoms with Gasteiger partial charge in [-0.25, -0.2) is 14.7 Å². The first-order valence-corrected chi connectivity index (χ1v) is 12.9. The zero-order chi connectivity index (χ0) is 27.1. The second kappa shape index (κ2) is 12.6. The number of rotatable bonds is 12. The molecule has 200 valence electrons. The summed E-state index contributed by atoms with van der Waals surface area (Å²) in [6.45, 7) is 3.99. The fourth-order valence-electron chi connectivity index (χ4n) is 4.05. The van der Waals surface area contributed by atoms with Crippen molar-refractivity contribution in [2.24, 2.45) is 0 Å². The van der Waals surface area contributed by atoms with Gasteiger partial charge in [0.25, 0.3) is 0 Å². The summed E-state index contributed by atoms with van der Waals surface area (Å²) < 4.78 is 45.4. The first-order valence-electron chi connectivity index (χ1n) is 11.8. The molecular formula is C25H28N7O5S-. The van der Waals surface area contributed by atoms with Crippen molar-refractivity contribution in [2.75, 3.05) is 20.8 Å². The molecule has 1 unspecified atom stereocenters. The van der Waals surface area contributed by atoms with E-state index < -0.39 is 23.4 Å². The highest BCUT2D eigenvalue weighted by atomic mass is 32.2. The summed E-state index contributed by atoms with van der Waals surface area (Å²) in [5.41, 5.74) is 2.11. The number of nitrogens with one attached hydrogen (secondary N) is 1. The maximum Gasteiger partial charge on any atom is 0.170 e. The molecule has 13 heteroatoms. The Labute approximate surface area is 222 Å². The zero-order valence-electron chi connectivity index (χ0n) is 21.4. The molecule has 1 N–H and O–H groups in total. The van der Waals surface area contributed by atoms with Gasteiger partial charge in [0.1, 0.15) is 29.1 Å². The van der Waals surface area contributed by atoms with Gasteiger partial charge in [-0.05, 0) is 43.7 Å². The molecule has 4 aromatic rings. The summed E-state index contributed by atoms with van der Waals surface area (Å²) in [6, 6.07) is 8.21. The molecule has 0 bridgehead atoms. The number of ether oxygens (including phenoxy) is 3.